The fourth-order valence-corrected chi connectivity index (χ4v) is 1.61. The molecular weight excluding hydrogens is 138 g/mol. The van der Waals surface area contributed by atoms with Gasteiger partial charge in [-0.1, -0.05) is 0 Å². The molecule has 1 atom stereocenters. The standard InChI is InChI=1S/C8H17N3/c1-8(2)6-7(11-9-3)4-5-10-8/h7,10-11H,3-6H2,1-2H3. The average Bonchev–Trinajstić information content (AvgIpc) is 1.85. The van der Waals surface area contributed by atoms with Crippen molar-refractivity contribution in [3.63, 3.8) is 0 Å². The molecule has 2 N–H and O–H groups in total. The van der Waals surface area contributed by atoms with Gasteiger partial charge in [0.05, 0.1) is 0 Å². The fourth-order valence-electron chi connectivity index (χ4n) is 1.61. The van der Waals surface area contributed by atoms with Gasteiger partial charge in [-0.25, -0.2) is 0 Å². The zero-order valence-electron chi connectivity index (χ0n) is 7.35. The molecule has 0 spiro atoms. The minimum Gasteiger partial charge on any atom is -0.312 e. The van der Waals surface area contributed by atoms with E-state index < -0.39 is 0 Å². The third kappa shape index (κ3) is 2.50. The van der Waals surface area contributed by atoms with Crippen molar-refractivity contribution in [3.05, 3.63) is 0 Å². The van der Waals surface area contributed by atoms with Crippen LogP contribution in [0.5, 0.6) is 0 Å². The summed E-state index contributed by atoms with van der Waals surface area (Å²) in [4.78, 5) is 0. The molecule has 1 saturated heterocycles. The lowest BCUT2D eigenvalue weighted by atomic mass is 9.90. The molecule has 0 aromatic rings. The zero-order valence-corrected chi connectivity index (χ0v) is 7.35. The number of nitrogens with zero attached hydrogens (tertiary/aromatic N) is 1. The van der Waals surface area contributed by atoms with Gasteiger partial charge in [-0.2, -0.15) is 5.10 Å². The molecule has 0 radical (unpaired) electrons. The Morgan fingerprint density at radius 3 is 2.91 bits per heavy atom. The molecule has 3 nitrogen and oxygen atoms in total. The maximum absolute atomic E-state index is 3.70. The average molecular weight is 155 g/mol. The summed E-state index contributed by atoms with van der Waals surface area (Å²) < 4.78 is 0. The quantitative estimate of drug-likeness (QED) is 0.455. The normalized spacial score (nSPS) is 29.5. The van der Waals surface area contributed by atoms with Crippen LogP contribution in [-0.4, -0.2) is 24.8 Å². The Morgan fingerprint density at radius 1 is 1.64 bits per heavy atom. The summed E-state index contributed by atoms with van der Waals surface area (Å²) in [6.07, 6.45) is 2.26. The van der Waals surface area contributed by atoms with Crippen molar-refractivity contribution in [1.29, 1.82) is 0 Å². The van der Waals surface area contributed by atoms with E-state index in [1.807, 2.05) is 0 Å². The number of hydrazone groups is 1. The Bertz CT molecular complexity index is 142. The van der Waals surface area contributed by atoms with E-state index >= 15 is 0 Å². The number of piperidine rings is 1. The molecule has 64 valence electrons. The van der Waals surface area contributed by atoms with E-state index in [1.165, 1.54) is 0 Å². The van der Waals surface area contributed by atoms with E-state index in [9.17, 15) is 0 Å². The van der Waals surface area contributed by atoms with Gasteiger partial charge in [-0.3, -0.25) is 0 Å². The van der Waals surface area contributed by atoms with Crippen molar-refractivity contribution in [2.75, 3.05) is 6.54 Å². The maximum atomic E-state index is 3.70. The van der Waals surface area contributed by atoms with Gasteiger partial charge in [0.15, 0.2) is 0 Å². The first-order valence-corrected chi connectivity index (χ1v) is 4.10. The van der Waals surface area contributed by atoms with E-state index in [0.29, 0.717) is 6.04 Å². The van der Waals surface area contributed by atoms with E-state index in [0.717, 1.165) is 19.4 Å². The molecule has 0 aromatic heterocycles. The van der Waals surface area contributed by atoms with Crippen LogP contribution >= 0.6 is 0 Å². The summed E-state index contributed by atoms with van der Waals surface area (Å²) in [6, 6.07) is 0.503. The molecular formula is C8H17N3. The highest BCUT2D eigenvalue weighted by Crippen LogP contribution is 2.17. The molecule has 11 heavy (non-hydrogen) atoms. The van der Waals surface area contributed by atoms with Crippen LogP contribution in [0.3, 0.4) is 0 Å². The van der Waals surface area contributed by atoms with Crippen LogP contribution in [0.1, 0.15) is 26.7 Å². The predicted molar refractivity (Wildman–Crippen MR) is 47.8 cm³/mol. The summed E-state index contributed by atoms with van der Waals surface area (Å²) in [6.45, 7) is 8.92. The first-order valence-electron chi connectivity index (χ1n) is 4.10. The van der Waals surface area contributed by atoms with Crippen LogP contribution in [-0.2, 0) is 0 Å². The second-order valence-electron chi connectivity index (χ2n) is 3.79. The molecule has 1 fully saturated rings. The van der Waals surface area contributed by atoms with Gasteiger partial charge in [0.25, 0.3) is 0 Å². The van der Waals surface area contributed by atoms with Crippen LogP contribution < -0.4 is 10.7 Å². The van der Waals surface area contributed by atoms with Crippen molar-refractivity contribution in [2.24, 2.45) is 5.10 Å². The SMILES string of the molecule is C=NNC1CCNC(C)(C)C1. The van der Waals surface area contributed by atoms with Crippen molar-refractivity contribution >= 4 is 6.72 Å². The topological polar surface area (TPSA) is 36.4 Å². The number of rotatable bonds is 2. The van der Waals surface area contributed by atoms with Crippen molar-refractivity contribution < 1.29 is 0 Å². The third-order valence-corrected chi connectivity index (χ3v) is 2.13. The molecule has 1 aliphatic heterocycles. The van der Waals surface area contributed by atoms with Gasteiger partial charge in [-0.05, 0) is 33.2 Å². The van der Waals surface area contributed by atoms with Crippen LogP contribution in [0.2, 0.25) is 0 Å². The van der Waals surface area contributed by atoms with E-state index in [-0.39, 0.29) is 5.54 Å². The molecule has 0 bridgehead atoms. The Morgan fingerprint density at radius 2 is 2.36 bits per heavy atom. The lowest BCUT2D eigenvalue weighted by Crippen LogP contribution is -2.51. The van der Waals surface area contributed by atoms with E-state index in [2.05, 4.69) is 36.4 Å². The number of nitrogens with one attached hydrogen (secondary N) is 2. The lowest BCUT2D eigenvalue weighted by molar-refractivity contribution is 0.251. The highest BCUT2D eigenvalue weighted by atomic mass is 15.3. The van der Waals surface area contributed by atoms with Crippen LogP contribution in [0.15, 0.2) is 5.10 Å². The number of hydrogen-bond donors (Lipinski definition) is 2. The molecule has 0 saturated carbocycles. The minimum absolute atomic E-state index is 0.251. The monoisotopic (exact) mass is 155 g/mol. The first-order chi connectivity index (χ1) is 5.14. The van der Waals surface area contributed by atoms with Gasteiger partial charge in [-0.15, -0.1) is 0 Å². The summed E-state index contributed by atoms with van der Waals surface area (Å²) in [5.74, 6) is 0. The Balaban J connectivity index is 2.39. The third-order valence-electron chi connectivity index (χ3n) is 2.13. The minimum atomic E-state index is 0.251. The molecule has 0 aromatic carbocycles. The summed E-state index contributed by atoms with van der Waals surface area (Å²) in [7, 11) is 0. The van der Waals surface area contributed by atoms with Gasteiger partial charge < -0.3 is 10.7 Å². The van der Waals surface area contributed by atoms with Gasteiger partial charge in [0, 0.05) is 18.3 Å². The smallest absolute Gasteiger partial charge is 0.0469 e. The molecule has 1 aliphatic rings. The molecule has 3 heteroatoms. The van der Waals surface area contributed by atoms with Crippen molar-refractivity contribution in [3.8, 4) is 0 Å². The highest BCUT2D eigenvalue weighted by Gasteiger charge is 2.26. The summed E-state index contributed by atoms with van der Waals surface area (Å²) in [5.41, 5.74) is 3.26. The van der Waals surface area contributed by atoms with Crippen LogP contribution in [0, 0.1) is 0 Å². The van der Waals surface area contributed by atoms with Crippen LogP contribution in [0.4, 0.5) is 0 Å². The Labute approximate surface area is 68.3 Å². The maximum Gasteiger partial charge on any atom is 0.0469 e. The second kappa shape index (κ2) is 3.22. The van der Waals surface area contributed by atoms with E-state index in [4.69, 9.17) is 0 Å². The number of hydrogen-bond acceptors (Lipinski definition) is 3. The Hall–Kier alpha value is -0.570. The van der Waals surface area contributed by atoms with Gasteiger partial charge >= 0.3 is 0 Å². The van der Waals surface area contributed by atoms with Crippen molar-refractivity contribution in [1.82, 2.24) is 10.7 Å². The highest BCUT2D eigenvalue weighted by molar-refractivity contribution is 5.22. The second-order valence-corrected chi connectivity index (χ2v) is 3.79. The zero-order chi connectivity index (χ0) is 8.32. The van der Waals surface area contributed by atoms with Gasteiger partial charge in [0.1, 0.15) is 0 Å². The summed E-state index contributed by atoms with van der Waals surface area (Å²) in [5, 5.41) is 7.14. The first kappa shape index (κ1) is 8.53. The molecule has 0 amide bonds. The van der Waals surface area contributed by atoms with Crippen molar-refractivity contribution in [2.45, 2.75) is 38.3 Å². The molecule has 1 rings (SSSR count). The van der Waals surface area contributed by atoms with Gasteiger partial charge in [0.2, 0.25) is 0 Å². The fraction of sp³-hybridized carbons (Fsp3) is 0.875. The predicted octanol–water partition coefficient (Wildman–Crippen LogP) is 0.722. The van der Waals surface area contributed by atoms with E-state index in [1.54, 1.807) is 0 Å². The molecule has 1 unspecified atom stereocenters. The van der Waals surface area contributed by atoms with Crippen LogP contribution in [0.25, 0.3) is 0 Å². The lowest BCUT2D eigenvalue weighted by Gasteiger charge is -2.36. The molecule has 1 heterocycles. The largest absolute Gasteiger partial charge is 0.312 e. The Kier molecular flexibility index (Phi) is 2.49. The molecule has 0 aliphatic carbocycles. The summed E-state index contributed by atoms with van der Waals surface area (Å²) >= 11 is 0.